The third-order valence-electron chi connectivity index (χ3n) is 1.60. The fourth-order valence-corrected chi connectivity index (χ4v) is 2.46. The average Bonchev–Trinajstić information content (AvgIpc) is 1.59. The van der Waals surface area contributed by atoms with Gasteiger partial charge in [0.1, 0.15) is 0 Å². The van der Waals surface area contributed by atoms with E-state index in [2.05, 4.69) is 18.4 Å². The van der Waals surface area contributed by atoms with Crippen molar-refractivity contribution < 1.29 is 4.74 Å². The van der Waals surface area contributed by atoms with Crippen LogP contribution in [-0.4, -0.2) is 40.3 Å². The Hall–Kier alpha value is 0.137. The molecule has 9 heavy (non-hydrogen) atoms. The van der Waals surface area contributed by atoms with Gasteiger partial charge in [0.2, 0.25) is 0 Å². The molecule has 0 radical (unpaired) electrons. The molecule has 0 aromatic rings. The Labute approximate surface area is 59.7 Å². The number of hydrogen-bond acceptors (Lipinski definition) is 2. The maximum atomic E-state index is 5.54. The van der Waals surface area contributed by atoms with Crippen LogP contribution in [0.3, 0.4) is 0 Å². The highest BCUT2D eigenvalue weighted by Gasteiger charge is 2.17. The van der Waals surface area contributed by atoms with Crippen molar-refractivity contribution in [2.45, 2.75) is 26.1 Å². The van der Waals surface area contributed by atoms with Gasteiger partial charge in [0.15, 0.2) is 0 Å². The number of ether oxygens (including phenoxy) is 1. The van der Waals surface area contributed by atoms with Crippen LogP contribution < -0.4 is 0 Å². The van der Waals surface area contributed by atoms with Crippen molar-refractivity contribution in [1.29, 1.82) is 0 Å². The van der Waals surface area contributed by atoms with Gasteiger partial charge in [-0.1, -0.05) is 0 Å². The van der Waals surface area contributed by atoms with Gasteiger partial charge in [-0.05, 0) is 13.8 Å². The van der Waals surface area contributed by atoms with Crippen LogP contribution in [-0.2, 0) is 4.74 Å². The molecular weight excluding hydrogens is 130 g/mol. The Bertz CT molecular complexity index is 74.0. The van der Waals surface area contributed by atoms with Gasteiger partial charge < -0.3 is 9.30 Å². The first-order valence-corrected chi connectivity index (χ1v) is 4.42. The first-order valence-electron chi connectivity index (χ1n) is 3.52. The van der Waals surface area contributed by atoms with E-state index < -0.39 is 0 Å². The van der Waals surface area contributed by atoms with Crippen molar-refractivity contribution in [1.82, 2.24) is 4.57 Å². The summed E-state index contributed by atoms with van der Waals surface area (Å²) in [6.45, 7) is 6.55. The van der Waals surface area contributed by atoms with E-state index in [0.29, 0.717) is 12.2 Å². The van der Waals surface area contributed by atoms with Crippen molar-refractivity contribution in [3.05, 3.63) is 0 Å². The Morgan fingerprint density at radius 2 is 1.78 bits per heavy atom. The van der Waals surface area contributed by atoms with Crippen LogP contribution in [0.2, 0.25) is 0 Å². The van der Waals surface area contributed by atoms with Gasteiger partial charge in [0, 0.05) is 13.1 Å². The topological polar surface area (TPSA) is 12.5 Å². The molecule has 1 rings (SSSR count). The van der Waals surface area contributed by atoms with Crippen molar-refractivity contribution in [3.63, 3.8) is 0 Å². The highest BCUT2D eigenvalue weighted by Crippen LogP contribution is 2.06. The Morgan fingerprint density at radius 1 is 1.33 bits per heavy atom. The SMILES string of the molecule is C[C@@H]1CN([SiH3])C[C@H](C)O1. The number of rotatable bonds is 0. The molecule has 54 valence electrons. The summed E-state index contributed by atoms with van der Waals surface area (Å²) < 4.78 is 7.98. The summed E-state index contributed by atoms with van der Waals surface area (Å²) in [5.41, 5.74) is 0. The maximum Gasteiger partial charge on any atom is 0.0787 e. The predicted octanol–water partition coefficient (Wildman–Crippen LogP) is -0.624. The molecule has 0 spiro atoms. The molecule has 1 aliphatic rings. The van der Waals surface area contributed by atoms with E-state index in [-0.39, 0.29) is 0 Å². The van der Waals surface area contributed by atoms with Crippen molar-refractivity contribution >= 4 is 10.4 Å². The average molecular weight is 145 g/mol. The zero-order valence-electron chi connectivity index (χ0n) is 6.42. The van der Waals surface area contributed by atoms with Crippen LogP contribution >= 0.6 is 0 Å². The molecule has 1 saturated heterocycles. The van der Waals surface area contributed by atoms with Crippen LogP contribution in [0.4, 0.5) is 0 Å². The fourth-order valence-electron chi connectivity index (χ4n) is 1.44. The van der Waals surface area contributed by atoms with Crippen LogP contribution in [0.1, 0.15) is 13.8 Å². The molecule has 2 atom stereocenters. The van der Waals surface area contributed by atoms with E-state index in [1.54, 1.807) is 0 Å². The summed E-state index contributed by atoms with van der Waals surface area (Å²) in [6, 6.07) is 0. The zero-order valence-corrected chi connectivity index (χ0v) is 8.42. The lowest BCUT2D eigenvalue weighted by Gasteiger charge is -2.32. The number of nitrogens with zero attached hydrogens (tertiary/aromatic N) is 1. The highest BCUT2D eigenvalue weighted by atomic mass is 28.2. The third kappa shape index (κ3) is 2.08. The predicted molar refractivity (Wildman–Crippen MR) is 41.5 cm³/mol. The molecular formula is C6H15NOSi. The summed E-state index contributed by atoms with van der Waals surface area (Å²) in [6.07, 6.45) is 0.900. The number of morpholine rings is 1. The van der Waals surface area contributed by atoms with Gasteiger partial charge in [0.25, 0.3) is 0 Å². The molecule has 2 nitrogen and oxygen atoms in total. The lowest BCUT2D eigenvalue weighted by Crippen LogP contribution is -2.43. The van der Waals surface area contributed by atoms with E-state index >= 15 is 0 Å². The normalized spacial score (nSPS) is 39.3. The second-order valence-corrected chi connectivity index (χ2v) is 4.24. The summed E-state index contributed by atoms with van der Waals surface area (Å²) in [4.78, 5) is 0. The minimum absolute atomic E-state index is 0.450. The molecule has 1 aliphatic heterocycles. The Balaban J connectivity index is 2.34. The number of hydrogen-bond donors (Lipinski definition) is 0. The van der Waals surface area contributed by atoms with Gasteiger partial charge in [-0.2, -0.15) is 0 Å². The zero-order chi connectivity index (χ0) is 6.85. The standard InChI is InChI=1S/C6H15NOSi/c1-5-3-7(9)4-6(2)8-5/h5-6H,3-4H2,1-2,9H3/t5-,6+. The molecule has 1 fully saturated rings. The monoisotopic (exact) mass is 145 g/mol. The maximum absolute atomic E-state index is 5.54. The molecule has 0 N–H and O–H groups in total. The van der Waals surface area contributed by atoms with Gasteiger partial charge in [-0.15, -0.1) is 0 Å². The molecule has 0 aromatic carbocycles. The molecule has 0 aliphatic carbocycles. The Kier molecular flexibility index (Phi) is 2.27. The molecule has 1 heterocycles. The van der Waals surface area contributed by atoms with Gasteiger partial charge in [-0.25, -0.2) is 0 Å². The lowest BCUT2D eigenvalue weighted by atomic mass is 10.3. The van der Waals surface area contributed by atoms with Gasteiger partial charge in [-0.3, -0.25) is 0 Å². The van der Waals surface area contributed by atoms with E-state index in [1.165, 1.54) is 10.4 Å². The largest absolute Gasteiger partial charge is 0.373 e. The van der Waals surface area contributed by atoms with E-state index in [9.17, 15) is 0 Å². The first-order chi connectivity index (χ1) is 4.18. The quantitative estimate of drug-likeness (QED) is 0.421. The smallest absolute Gasteiger partial charge is 0.0787 e. The summed E-state index contributed by atoms with van der Waals surface area (Å²) >= 11 is 0. The minimum Gasteiger partial charge on any atom is -0.373 e. The summed E-state index contributed by atoms with van der Waals surface area (Å²) in [5.74, 6) is 0. The molecule has 0 unspecified atom stereocenters. The van der Waals surface area contributed by atoms with Crippen molar-refractivity contribution in [2.24, 2.45) is 0 Å². The van der Waals surface area contributed by atoms with Crippen LogP contribution in [0.25, 0.3) is 0 Å². The molecule has 3 heteroatoms. The van der Waals surface area contributed by atoms with Crippen LogP contribution in [0.5, 0.6) is 0 Å². The van der Waals surface area contributed by atoms with E-state index in [1.807, 2.05) is 0 Å². The van der Waals surface area contributed by atoms with Crippen molar-refractivity contribution in [3.8, 4) is 0 Å². The summed E-state index contributed by atoms with van der Waals surface area (Å²) in [7, 11) is 1.18. The lowest BCUT2D eigenvalue weighted by molar-refractivity contribution is -0.0439. The fraction of sp³-hybridized carbons (Fsp3) is 1.00. The molecule has 0 amide bonds. The summed E-state index contributed by atoms with van der Waals surface area (Å²) in [5, 5.41) is 0. The Morgan fingerprint density at radius 3 is 2.11 bits per heavy atom. The van der Waals surface area contributed by atoms with Crippen LogP contribution in [0, 0.1) is 0 Å². The second-order valence-electron chi connectivity index (χ2n) is 2.98. The van der Waals surface area contributed by atoms with E-state index in [4.69, 9.17) is 4.74 Å². The first kappa shape index (κ1) is 7.25. The minimum atomic E-state index is 0.450. The third-order valence-corrected chi connectivity index (χ3v) is 2.33. The molecule has 0 bridgehead atoms. The van der Waals surface area contributed by atoms with Crippen molar-refractivity contribution in [2.75, 3.05) is 13.1 Å². The molecule has 0 saturated carbocycles. The van der Waals surface area contributed by atoms with E-state index in [0.717, 1.165) is 13.1 Å². The second kappa shape index (κ2) is 2.81. The van der Waals surface area contributed by atoms with Gasteiger partial charge in [0.05, 0.1) is 22.6 Å². The molecule has 0 aromatic heterocycles. The van der Waals surface area contributed by atoms with Gasteiger partial charge >= 0.3 is 0 Å². The van der Waals surface area contributed by atoms with Crippen LogP contribution in [0.15, 0.2) is 0 Å². The highest BCUT2D eigenvalue weighted by molar-refractivity contribution is 6.04.